The Morgan fingerprint density at radius 1 is 1.29 bits per heavy atom. The number of pyridine rings is 1. The molecule has 1 aliphatic rings. The number of para-hydroxylation sites is 1. The topological polar surface area (TPSA) is 94.6 Å². The largest absolute Gasteiger partial charge is 0.481 e. The van der Waals surface area contributed by atoms with Gasteiger partial charge in [-0.05, 0) is 38.4 Å². The summed E-state index contributed by atoms with van der Waals surface area (Å²) < 4.78 is 0. The normalized spacial score (nSPS) is 16.5. The molecule has 2 heterocycles. The first-order chi connectivity index (χ1) is 12.5. The molecule has 7 nitrogen and oxygen atoms in total. The molecular weight excluding hydrogens is 403 g/mol. The van der Waals surface area contributed by atoms with Crippen molar-refractivity contribution in [3.05, 3.63) is 36.0 Å². The second-order valence-electron chi connectivity index (χ2n) is 6.69. The van der Waals surface area contributed by atoms with Crippen molar-refractivity contribution in [3.8, 4) is 0 Å². The Balaban J connectivity index is 0.00000196. The van der Waals surface area contributed by atoms with Crippen molar-refractivity contribution in [1.82, 2.24) is 15.2 Å². The zero-order chi connectivity index (χ0) is 18.5. The summed E-state index contributed by atoms with van der Waals surface area (Å²) >= 11 is 0. The summed E-state index contributed by atoms with van der Waals surface area (Å²) in [6.45, 7) is 4.44. The monoisotopic (exact) mass is 428 g/mol. The van der Waals surface area contributed by atoms with Crippen LogP contribution in [0, 0.1) is 12.8 Å². The number of amides is 2. The number of urea groups is 1. The molecule has 2 aromatic rings. The first-order valence-corrected chi connectivity index (χ1v) is 8.89. The van der Waals surface area contributed by atoms with Crippen molar-refractivity contribution in [3.63, 3.8) is 0 Å². The number of aromatic nitrogens is 1. The fourth-order valence-corrected chi connectivity index (χ4v) is 3.37. The van der Waals surface area contributed by atoms with Crippen LogP contribution in [-0.2, 0) is 4.79 Å². The smallest absolute Gasteiger partial charge is 0.319 e. The van der Waals surface area contributed by atoms with Gasteiger partial charge in [0.15, 0.2) is 0 Å². The van der Waals surface area contributed by atoms with Gasteiger partial charge in [-0.1, -0.05) is 18.2 Å². The maximum atomic E-state index is 12.2. The Morgan fingerprint density at radius 2 is 2.04 bits per heavy atom. The summed E-state index contributed by atoms with van der Waals surface area (Å²) in [4.78, 5) is 29.9. The maximum absolute atomic E-state index is 12.2. The van der Waals surface area contributed by atoms with Gasteiger partial charge in [0.1, 0.15) is 0 Å². The Labute approximate surface area is 176 Å². The average Bonchev–Trinajstić information content (AvgIpc) is 2.62. The number of anilines is 1. The van der Waals surface area contributed by atoms with Gasteiger partial charge < -0.3 is 20.6 Å². The number of carbonyl (C=O) groups excluding carboxylic acids is 1. The van der Waals surface area contributed by atoms with Crippen molar-refractivity contribution < 1.29 is 14.7 Å². The number of fused-ring (bicyclic) bond motifs is 1. The molecule has 1 saturated heterocycles. The van der Waals surface area contributed by atoms with Gasteiger partial charge in [0.05, 0.1) is 17.1 Å². The lowest BCUT2D eigenvalue weighted by Gasteiger charge is -2.30. The van der Waals surface area contributed by atoms with Crippen LogP contribution in [0.15, 0.2) is 30.3 Å². The highest BCUT2D eigenvalue weighted by Crippen LogP contribution is 2.22. The van der Waals surface area contributed by atoms with Crippen LogP contribution in [0.1, 0.15) is 18.5 Å². The van der Waals surface area contributed by atoms with E-state index in [-0.39, 0.29) is 36.8 Å². The molecule has 1 atom stereocenters. The minimum atomic E-state index is -0.736. The highest BCUT2D eigenvalue weighted by atomic mass is 35.5. The van der Waals surface area contributed by atoms with E-state index in [9.17, 15) is 9.59 Å². The lowest BCUT2D eigenvalue weighted by atomic mass is 9.98. The van der Waals surface area contributed by atoms with Crippen molar-refractivity contribution in [2.24, 2.45) is 5.92 Å². The Bertz CT molecular complexity index is 819. The molecule has 0 bridgehead atoms. The number of nitrogens with zero attached hydrogens (tertiary/aromatic N) is 2. The molecule has 1 aromatic carbocycles. The van der Waals surface area contributed by atoms with E-state index in [1.54, 1.807) is 0 Å². The summed E-state index contributed by atoms with van der Waals surface area (Å²) in [6, 6.07) is 9.26. The summed E-state index contributed by atoms with van der Waals surface area (Å²) in [6.07, 6.45) is 1.61. The number of likely N-dealkylation sites (tertiary alicyclic amines) is 1. The molecule has 0 spiro atoms. The van der Waals surface area contributed by atoms with Crippen LogP contribution in [0.25, 0.3) is 10.9 Å². The molecule has 3 N–H and O–H groups in total. The number of piperidine rings is 1. The molecule has 0 aliphatic carbocycles. The molecule has 2 amide bonds. The molecular formula is C19H26Cl2N4O3. The Morgan fingerprint density at radius 3 is 2.79 bits per heavy atom. The van der Waals surface area contributed by atoms with Crippen LogP contribution < -0.4 is 10.6 Å². The SMILES string of the molecule is Cc1cc(NC(=O)NCCN2CCCC(C(=O)O)C2)c2ccccc2n1.Cl.Cl. The van der Waals surface area contributed by atoms with Gasteiger partial charge in [-0.25, -0.2) is 4.79 Å². The molecule has 154 valence electrons. The Kier molecular flexibility index (Phi) is 9.45. The number of carboxylic acid groups (broad SMARTS) is 1. The van der Waals surface area contributed by atoms with E-state index in [1.807, 2.05) is 37.3 Å². The number of carbonyl (C=O) groups is 2. The third-order valence-corrected chi connectivity index (χ3v) is 4.66. The standard InChI is InChI=1S/C19H24N4O3.2ClH/c1-13-11-17(15-6-2-3-7-16(15)21-13)22-19(26)20-8-10-23-9-4-5-14(12-23)18(24)25;;/h2-3,6-7,11,14H,4-5,8-10,12H2,1H3,(H,24,25)(H2,20,21,22,26);2*1H. The lowest BCUT2D eigenvalue weighted by Crippen LogP contribution is -2.43. The summed E-state index contributed by atoms with van der Waals surface area (Å²) in [5.41, 5.74) is 2.41. The average molecular weight is 429 g/mol. The molecule has 1 unspecified atom stereocenters. The predicted octanol–water partition coefficient (Wildman–Crippen LogP) is 3.30. The van der Waals surface area contributed by atoms with Crippen molar-refractivity contribution in [2.45, 2.75) is 19.8 Å². The molecule has 0 radical (unpaired) electrons. The first-order valence-electron chi connectivity index (χ1n) is 8.89. The molecule has 1 aromatic heterocycles. The molecule has 0 saturated carbocycles. The molecule has 1 aliphatic heterocycles. The third kappa shape index (κ3) is 6.22. The zero-order valence-electron chi connectivity index (χ0n) is 15.7. The van der Waals surface area contributed by atoms with E-state index in [0.717, 1.165) is 41.7 Å². The number of hydrogen-bond donors (Lipinski definition) is 3. The number of aliphatic carboxylic acids is 1. The summed E-state index contributed by atoms with van der Waals surface area (Å²) in [7, 11) is 0. The fraction of sp³-hybridized carbons (Fsp3) is 0.421. The summed E-state index contributed by atoms with van der Waals surface area (Å²) in [5.74, 6) is -1.04. The van der Waals surface area contributed by atoms with E-state index in [1.165, 1.54) is 0 Å². The van der Waals surface area contributed by atoms with Gasteiger partial charge in [-0.3, -0.25) is 9.78 Å². The minimum Gasteiger partial charge on any atom is -0.481 e. The van der Waals surface area contributed by atoms with Gasteiger partial charge in [0.25, 0.3) is 0 Å². The molecule has 1 fully saturated rings. The number of rotatable bonds is 5. The molecule has 9 heteroatoms. The van der Waals surface area contributed by atoms with Crippen LogP contribution in [0.4, 0.5) is 10.5 Å². The quantitative estimate of drug-likeness (QED) is 0.678. The van der Waals surface area contributed by atoms with Gasteiger partial charge in [-0.15, -0.1) is 24.8 Å². The highest BCUT2D eigenvalue weighted by Gasteiger charge is 2.24. The number of carboxylic acids is 1. The molecule has 28 heavy (non-hydrogen) atoms. The minimum absolute atomic E-state index is 0. The number of nitrogens with one attached hydrogen (secondary N) is 2. The van der Waals surface area contributed by atoms with E-state index in [0.29, 0.717) is 19.6 Å². The maximum Gasteiger partial charge on any atom is 0.319 e. The van der Waals surface area contributed by atoms with Crippen molar-refractivity contribution in [2.75, 3.05) is 31.5 Å². The second kappa shape index (κ2) is 11.0. The molecule has 3 rings (SSSR count). The summed E-state index contributed by atoms with van der Waals surface area (Å²) in [5, 5.41) is 15.8. The number of halogens is 2. The van der Waals surface area contributed by atoms with Crippen molar-refractivity contribution >= 4 is 53.4 Å². The predicted molar refractivity (Wildman–Crippen MR) is 115 cm³/mol. The number of hydrogen-bond acceptors (Lipinski definition) is 4. The fourth-order valence-electron chi connectivity index (χ4n) is 3.37. The van der Waals surface area contributed by atoms with Crippen molar-refractivity contribution in [1.29, 1.82) is 0 Å². The van der Waals surface area contributed by atoms with E-state index in [4.69, 9.17) is 5.11 Å². The van der Waals surface area contributed by atoms with E-state index < -0.39 is 5.97 Å². The van der Waals surface area contributed by atoms with Gasteiger partial charge in [0.2, 0.25) is 0 Å². The number of benzene rings is 1. The van der Waals surface area contributed by atoms with Gasteiger partial charge >= 0.3 is 12.0 Å². The van der Waals surface area contributed by atoms with E-state index in [2.05, 4.69) is 20.5 Å². The van der Waals surface area contributed by atoms with Crippen LogP contribution in [0.3, 0.4) is 0 Å². The van der Waals surface area contributed by atoms with Crippen LogP contribution in [0.2, 0.25) is 0 Å². The van der Waals surface area contributed by atoms with E-state index >= 15 is 0 Å². The van der Waals surface area contributed by atoms with Gasteiger partial charge in [-0.2, -0.15) is 0 Å². The Hall–Kier alpha value is -2.09. The number of aryl methyl sites for hydroxylation is 1. The van der Waals surface area contributed by atoms with Gasteiger partial charge in [0, 0.05) is 30.7 Å². The second-order valence-corrected chi connectivity index (χ2v) is 6.69. The van der Waals surface area contributed by atoms with Crippen LogP contribution in [0.5, 0.6) is 0 Å². The lowest BCUT2D eigenvalue weighted by molar-refractivity contribution is -0.143. The van der Waals surface area contributed by atoms with Crippen LogP contribution in [-0.4, -0.2) is 53.2 Å². The van der Waals surface area contributed by atoms with Crippen LogP contribution >= 0.6 is 24.8 Å². The first kappa shape index (κ1) is 23.9. The highest BCUT2D eigenvalue weighted by molar-refractivity contribution is 6.00. The zero-order valence-corrected chi connectivity index (χ0v) is 17.3. The third-order valence-electron chi connectivity index (χ3n) is 4.66.